The van der Waals surface area contributed by atoms with Crippen LogP contribution in [0.25, 0.3) is 0 Å². The third-order valence-corrected chi connectivity index (χ3v) is 4.37. The Morgan fingerprint density at radius 3 is 2.60 bits per heavy atom. The number of hydrogen-bond acceptors (Lipinski definition) is 2. The molecule has 20 heavy (non-hydrogen) atoms. The number of halogens is 1. The molecule has 0 spiro atoms. The van der Waals surface area contributed by atoms with Gasteiger partial charge in [-0.1, -0.05) is 35.0 Å². The number of amides is 1. The molecule has 0 unspecified atom stereocenters. The Balaban J connectivity index is 1.60. The van der Waals surface area contributed by atoms with E-state index in [0.717, 1.165) is 24.0 Å². The molecule has 1 aliphatic carbocycles. The van der Waals surface area contributed by atoms with Gasteiger partial charge in [-0.25, -0.2) is 0 Å². The third-order valence-electron chi connectivity index (χ3n) is 3.84. The zero-order valence-electron chi connectivity index (χ0n) is 12.0. The highest BCUT2D eigenvalue weighted by molar-refractivity contribution is 9.10. The van der Waals surface area contributed by atoms with E-state index < -0.39 is 0 Å². The molecular formula is C16H23BrN2O. The van der Waals surface area contributed by atoms with Gasteiger partial charge in [0.15, 0.2) is 0 Å². The molecule has 0 atom stereocenters. The maximum atomic E-state index is 11.5. The van der Waals surface area contributed by atoms with Crippen LogP contribution in [-0.2, 0) is 4.79 Å². The number of carbonyl (C=O) groups is 1. The van der Waals surface area contributed by atoms with Crippen molar-refractivity contribution < 1.29 is 4.79 Å². The van der Waals surface area contributed by atoms with E-state index in [1.807, 2.05) is 0 Å². The zero-order chi connectivity index (χ0) is 14.4. The van der Waals surface area contributed by atoms with Gasteiger partial charge in [0.2, 0.25) is 5.91 Å². The maximum Gasteiger partial charge on any atom is 0.221 e. The van der Waals surface area contributed by atoms with Gasteiger partial charge in [-0.3, -0.25) is 4.79 Å². The van der Waals surface area contributed by atoms with Crippen molar-refractivity contribution in [3.8, 4) is 0 Å². The van der Waals surface area contributed by atoms with E-state index in [4.69, 9.17) is 0 Å². The molecule has 0 aromatic heterocycles. The van der Waals surface area contributed by atoms with E-state index in [1.165, 1.54) is 18.4 Å². The lowest BCUT2D eigenvalue weighted by atomic mass is 9.76. The van der Waals surface area contributed by atoms with Crippen molar-refractivity contribution >= 4 is 21.8 Å². The first-order chi connectivity index (χ1) is 9.69. The lowest BCUT2D eigenvalue weighted by Crippen LogP contribution is -2.41. The number of benzene rings is 1. The standard InChI is InChI=1S/C16H23BrN2O/c1-2-8-19-16(20)7-9-18-15-10-13(11-15)12-3-5-14(17)6-4-12/h3-6,13,15,18H,2,7-11H2,1H3,(H,19,20). The normalized spacial score (nSPS) is 21.3. The van der Waals surface area contributed by atoms with Gasteiger partial charge in [0.05, 0.1) is 0 Å². The number of nitrogens with one attached hydrogen (secondary N) is 2. The summed E-state index contributed by atoms with van der Waals surface area (Å²) in [4.78, 5) is 11.5. The fraction of sp³-hybridized carbons (Fsp3) is 0.562. The molecule has 1 saturated carbocycles. The summed E-state index contributed by atoms with van der Waals surface area (Å²) >= 11 is 3.46. The minimum atomic E-state index is 0.156. The summed E-state index contributed by atoms with van der Waals surface area (Å²) in [6.07, 6.45) is 3.94. The second kappa shape index (κ2) is 7.79. The molecule has 3 nitrogen and oxygen atoms in total. The summed E-state index contributed by atoms with van der Waals surface area (Å²) < 4.78 is 1.13. The van der Waals surface area contributed by atoms with Crippen molar-refractivity contribution in [1.82, 2.24) is 10.6 Å². The fourth-order valence-electron chi connectivity index (χ4n) is 2.53. The first-order valence-electron chi connectivity index (χ1n) is 7.44. The largest absolute Gasteiger partial charge is 0.356 e. The lowest BCUT2D eigenvalue weighted by molar-refractivity contribution is -0.121. The summed E-state index contributed by atoms with van der Waals surface area (Å²) in [5.41, 5.74) is 1.42. The van der Waals surface area contributed by atoms with E-state index in [2.05, 4.69) is 57.8 Å². The molecular weight excluding hydrogens is 316 g/mol. The highest BCUT2D eigenvalue weighted by atomic mass is 79.9. The van der Waals surface area contributed by atoms with Crippen molar-refractivity contribution in [1.29, 1.82) is 0 Å². The minimum Gasteiger partial charge on any atom is -0.356 e. The summed E-state index contributed by atoms with van der Waals surface area (Å²) in [5, 5.41) is 6.37. The Morgan fingerprint density at radius 1 is 1.25 bits per heavy atom. The van der Waals surface area contributed by atoms with Crippen LogP contribution in [0, 0.1) is 0 Å². The second-order valence-corrected chi connectivity index (χ2v) is 6.39. The minimum absolute atomic E-state index is 0.156. The third kappa shape index (κ3) is 4.60. The van der Waals surface area contributed by atoms with Crippen molar-refractivity contribution in [3.05, 3.63) is 34.3 Å². The molecule has 0 aliphatic heterocycles. The van der Waals surface area contributed by atoms with Crippen LogP contribution in [0.1, 0.15) is 44.1 Å². The molecule has 1 amide bonds. The predicted octanol–water partition coefficient (Wildman–Crippen LogP) is 3.20. The fourth-order valence-corrected chi connectivity index (χ4v) is 2.80. The highest BCUT2D eigenvalue weighted by Gasteiger charge is 2.29. The van der Waals surface area contributed by atoms with Gasteiger partial charge in [0.25, 0.3) is 0 Å². The van der Waals surface area contributed by atoms with Gasteiger partial charge in [-0.2, -0.15) is 0 Å². The lowest BCUT2D eigenvalue weighted by Gasteiger charge is -2.36. The summed E-state index contributed by atoms with van der Waals surface area (Å²) in [6, 6.07) is 9.18. The molecule has 1 aromatic carbocycles. The molecule has 1 aromatic rings. The molecule has 2 N–H and O–H groups in total. The summed E-state index contributed by atoms with van der Waals surface area (Å²) in [6.45, 7) is 3.64. The monoisotopic (exact) mass is 338 g/mol. The average molecular weight is 339 g/mol. The van der Waals surface area contributed by atoms with E-state index in [9.17, 15) is 4.79 Å². The Bertz CT molecular complexity index is 427. The van der Waals surface area contributed by atoms with Crippen LogP contribution in [0.3, 0.4) is 0 Å². The van der Waals surface area contributed by atoms with E-state index in [1.54, 1.807) is 0 Å². The van der Waals surface area contributed by atoms with Crippen molar-refractivity contribution in [2.45, 2.75) is 44.6 Å². The maximum absolute atomic E-state index is 11.5. The van der Waals surface area contributed by atoms with Gasteiger partial charge in [-0.05, 0) is 42.9 Å². The highest BCUT2D eigenvalue weighted by Crippen LogP contribution is 2.37. The molecule has 4 heteroatoms. The van der Waals surface area contributed by atoms with Gasteiger partial charge < -0.3 is 10.6 Å². The van der Waals surface area contributed by atoms with Crippen LogP contribution in [0.4, 0.5) is 0 Å². The molecule has 110 valence electrons. The first kappa shape index (κ1) is 15.5. The van der Waals surface area contributed by atoms with Crippen LogP contribution in [0.5, 0.6) is 0 Å². The van der Waals surface area contributed by atoms with Crippen molar-refractivity contribution in [2.75, 3.05) is 13.1 Å². The first-order valence-corrected chi connectivity index (χ1v) is 8.24. The SMILES string of the molecule is CCCNC(=O)CCNC1CC(c2ccc(Br)cc2)C1. The Labute approximate surface area is 129 Å². The summed E-state index contributed by atoms with van der Waals surface area (Å²) in [5.74, 6) is 0.831. The van der Waals surface area contributed by atoms with Crippen LogP contribution in [0.2, 0.25) is 0 Å². The van der Waals surface area contributed by atoms with Crippen molar-refractivity contribution in [2.24, 2.45) is 0 Å². The molecule has 1 aliphatic rings. The average Bonchev–Trinajstić information content (AvgIpc) is 2.40. The molecule has 0 saturated heterocycles. The van der Waals surface area contributed by atoms with Gasteiger partial charge in [0, 0.05) is 30.0 Å². The summed E-state index contributed by atoms with van der Waals surface area (Å²) in [7, 11) is 0. The van der Waals surface area contributed by atoms with Crippen LogP contribution < -0.4 is 10.6 Å². The molecule has 0 radical (unpaired) electrons. The Kier molecular flexibility index (Phi) is 6.05. The van der Waals surface area contributed by atoms with Gasteiger partial charge in [-0.15, -0.1) is 0 Å². The smallest absolute Gasteiger partial charge is 0.221 e. The van der Waals surface area contributed by atoms with Crippen LogP contribution >= 0.6 is 15.9 Å². The van der Waals surface area contributed by atoms with E-state index >= 15 is 0 Å². The van der Waals surface area contributed by atoms with E-state index in [0.29, 0.717) is 18.4 Å². The van der Waals surface area contributed by atoms with Gasteiger partial charge in [0.1, 0.15) is 0 Å². The number of hydrogen-bond donors (Lipinski definition) is 2. The molecule has 0 bridgehead atoms. The van der Waals surface area contributed by atoms with Crippen LogP contribution in [0.15, 0.2) is 28.7 Å². The van der Waals surface area contributed by atoms with Gasteiger partial charge >= 0.3 is 0 Å². The Morgan fingerprint density at radius 2 is 1.95 bits per heavy atom. The van der Waals surface area contributed by atoms with Crippen LogP contribution in [-0.4, -0.2) is 25.0 Å². The quantitative estimate of drug-likeness (QED) is 0.801. The Hall–Kier alpha value is -0.870. The second-order valence-electron chi connectivity index (χ2n) is 5.47. The van der Waals surface area contributed by atoms with E-state index in [-0.39, 0.29) is 5.91 Å². The zero-order valence-corrected chi connectivity index (χ0v) is 13.6. The number of carbonyl (C=O) groups excluding carboxylic acids is 1. The number of rotatable bonds is 7. The molecule has 2 rings (SSSR count). The van der Waals surface area contributed by atoms with Crippen molar-refractivity contribution in [3.63, 3.8) is 0 Å². The molecule has 0 heterocycles. The topological polar surface area (TPSA) is 41.1 Å². The predicted molar refractivity (Wildman–Crippen MR) is 85.8 cm³/mol. The molecule has 1 fully saturated rings.